The number of pyridine rings is 1. The van der Waals surface area contributed by atoms with Crippen LogP contribution in [0.15, 0.2) is 28.9 Å². The summed E-state index contributed by atoms with van der Waals surface area (Å²) in [4.78, 5) is 5.55. The molecule has 3 nitrogen and oxygen atoms in total. The summed E-state index contributed by atoms with van der Waals surface area (Å²) in [6.45, 7) is 2.02. The van der Waals surface area contributed by atoms with E-state index < -0.39 is 0 Å². The highest BCUT2D eigenvalue weighted by Crippen LogP contribution is 2.35. The number of anilines is 1. The van der Waals surface area contributed by atoms with E-state index in [1.807, 2.05) is 35.7 Å². The second-order valence-corrected chi connectivity index (χ2v) is 6.55. The second-order valence-electron chi connectivity index (χ2n) is 3.98. The molecule has 3 aromatic rings. The third-order valence-corrected chi connectivity index (χ3v) is 4.81. The fourth-order valence-electron chi connectivity index (χ4n) is 1.80. The number of hydrogen-bond donors (Lipinski definition) is 1. The number of fused-ring (bicyclic) bond motifs is 1. The quantitative estimate of drug-likeness (QED) is 0.713. The van der Waals surface area contributed by atoms with Gasteiger partial charge in [0.15, 0.2) is 0 Å². The topological polar surface area (TPSA) is 43.3 Å². The van der Waals surface area contributed by atoms with Crippen molar-refractivity contribution < 1.29 is 0 Å². The normalized spacial score (nSPS) is 11.3. The summed E-state index contributed by atoms with van der Waals surface area (Å²) in [7, 11) is 0. The van der Waals surface area contributed by atoms with Crippen LogP contribution in [0.4, 0.5) is 5.82 Å². The SMILES string of the molecule is Cc1cc2nc(-c3ccc(Cl)s3)c(N)n2cc1Br. The zero-order valence-corrected chi connectivity index (χ0v) is 12.6. The first-order valence-electron chi connectivity index (χ1n) is 5.25. The Balaban J connectivity index is 2.29. The highest BCUT2D eigenvalue weighted by molar-refractivity contribution is 9.10. The summed E-state index contributed by atoms with van der Waals surface area (Å²) >= 11 is 10.9. The Hall–Kier alpha value is -1.04. The van der Waals surface area contributed by atoms with E-state index in [9.17, 15) is 0 Å². The smallest absolute Gasteiger partial charge is 0.139 e. The average Bonchev–Trinajstić information content (AvgIpc) is 2.86. The van der Waals surface area contributed by atoms with E-state index in [0.29, 0.717) is 5.82 Å². The van der Waals surface area contributed by atoms with E-state index in [1.54, 1.807) is 0 Å². The molecule has 0 bridgehead atoms. The van der Waals surface area contributed by atoms with Crippen molar-refractivity contribution in [3.8, 4) is 10.6 Å². The number of hydrogen-bond acceptors (Lipinski definition) is 3. The number of rotatable bonds is 1. The van der Waals surface area contributed by atoms with Gasteiger partial charge in [-0.05, 0) is 46.6 Å². The van der Waals surface area contributed by atoms with E-state index in [1.165, 1.54) is 11.3 Å². The van der Waals surface area contributed by atoms with Gasteiger partial charge in [0.2, 0.25) is 0 Å². The van der Waals surface area contributed by atoms with Gasteiger partial charge in [0.25, 0.3) is 0 Å². The van der Waals surface area contributed by atoms with E-state index in [0.717, 1.165) is 30.6 Å². The maximum absolute atomic E-state index is 6.14. The number of nitrogen functional groups attached to an aromatic ring is 1. The molecule has 0 saturated carbocycles. The highest BCUT2D eigenvalue weighted by Gasteiger charge is 2.14. The van der Waals surface area contributed by atoms with Crippen molar-refractivity contribution in [1.82, 2.24) is 9.38 Å². The Bertz CT molecular complexity index is 747. The van der Waals surface area contributed by atoms with Crippen LogP contribution in [0.2, 0.25) is 4.34 Å². The van der Waals surface area contributed by atoms with Crippen LogP contribution in [0.3, 0.4) is 0 Å². The molecular formula is C12H9BrClN3S. The lowest BCUT2D eigenvalue weighted by atomic mass is 10.3. The summed E-state index contributed by atoms with van der Waals surface area (Å²) in [5.41, 5.74) is 8.89. The number of aryl methyl sites for hydroxylation is 1. The van der Waals surface area contributed by atoms with Gasteiger partial charge in [-0.25, -0.2) is 4.98 Å². The molecule has 3 heterocycles. The van der Waals surface area contributed by atoms with Crippen molar-refractivity contribution in [2.24, 2.45) is 0 Å². The zero-order valence-electron chi connectivity index (χ0n) is 9.45. The lowest BCUT2D eigenvalue weighted by molar-refractivity contribution is 1.16. The zero-order chi connectivity index (χ0) is 12.9. The number of aromatic nitrogens is 2. The van der Waals surface area contributed by atoms with Crippen LogP contribution in [0.25, 0.3) is 16.2 Å². The van der Waals surface area contributed by atoms with Gasteiger partial charge in [0, 0.05) is 10.7 Å². The molecule has 0 fully saturated rings. The van der Waals surface area contributed by atoms with Gasteiger partial charge in [-0.2, -0.15) is 0 Å². The summed E-state index contributed by atoms with van der Waals surface area (Å²) in [5.74, 6) is 0.629. The lowest BCUT2D eigenvalue weighted by Gasteiger charge is -2.00. The number of thiophene rings is 1. The predicted molar refractivity (Wildman–Crippen MR) is 80.4 cm³/mol. The fraction of sp³-hybridized carbons (Fsp3) is 0.0833. The Morgan fingerprint density at radius 1 is 1.44 bits per heavy atom. The van der Waals surface area contributed by atoms with Crippen molar-refractivity contribution in [3.63, 3.8) is 0 Å². The number of imidazole rings is 1. The minimum Gasteiger partial charge on any atom is -0.383 e. The molecule has 0 spiro atoms. The monoisotopic (exact) mass is 341 g/mol. The molecule has 0 unspecified atom stereocenters. The summed E-state index contributed by atoms with van der Waals surface area (Å²) in [5, 5.41) is 0. The minimum absolute atomic E-state index is 0.629. The molecule has 0 radical (unpaired) electrons. The number of halogens is 2. The molecular weight excluding hydrogens is 334 g/mol. The first-order chi connectivity index (χ1) is 8.56. The Morgan fingerprint density at radius 3 is 2.89 bits per heavy atom. The molecule has 0 aromatic carbocycles. The van der Waals surface area contributed by atoms with Crippen molar-refractivity contribution in [1.29, 1.82) is 0 Å². The molecule has 0 aliphatic heterocycles. The predicted octanol–water partition coefficient (Wildman–Crippen LogP) is 4.37. The first-order valence-corrected chi connectivity index (χ1v) is 7.24. The third kappa shape index (κ3) is 1.83. The Labute approximate surface area is 121 Å². The van der Waals surface area contributed by atoms with Gasteiger partial charge < -0.3 is 5.73 Å². The van der Waals surface area contributed by atoms with Crippen LogP contribution >= 0.6 is 38.9 Å². The standard InChI is InChI=1S/C12H9BrClN3S/c1-6-4-10-16-11(8-2-3-9(14)18-8)12(15)17(10)5-7(6)13/h2-5H,15H2,1H3. The fourth-order valence-corrected chi connectivity index (χ4v) is 3.16. The van der Waals surface area contributed by atoms with Gasteiger partial charge in [-0.1, -0.05) is 11.6 Å². The molecule has 3 aromatic heterocycles. The molecule has 0 amide bonds. The van der Waals surface area contributed by atoms with Crippen LogP contribution in [-0.4, -0.2) is 9.38 Å². The van der Waals surface area contributed by atoms with E-state index in [2.05, 4.69) is 20.9 Å². The largest absolute Gasteiger partial charge is 0.383 e. The van der Waals surface area contributed by atoms with Crippen LogP contribution in [0.5, 0.6) is 0 Å². The molecule has 3 rings (SSSR count). The van der Waals surface area contributed by atoms with Crippen molar-refractivity contribution in [3.05, 3.63) is 38.8 Å². The molecule has 0 atom stereocenters. The van der Waals surface area contributed by atoms with Gasteiger partial charge in [-0.3, -0.25) is 4.40 Å². The maximum atomic E-state index is 6.14. The van der Waals surface area contributed by atoms with Gasteiger partial charge >= 0.3 is 0 Å². The molecule has 0 aliphatic carbocycles. The molecule has 2 N–H and O–H groups in total. The molecule has 6 heteroatoms. The summed E-state index contributed by atoms with van der Waals surface area (Å²) < 4.78 is 3.62. The lowest BCUT2D eigenvalue weighted by Crippen LogP contribution is -1.94. The maximum Gasteiger partial charge on any atom is 0.139 e. The van der Waals surface area contributed by atoms with Gasteiger partial charge in [0.1, 0.15) is 17.2 Å². The molecule has 0 aliphatic rings. The molecule has 18 heavy (non-hydrogen) atoms. The Morgan fingerprint density at radius 2 is 2.22 bits per heavy atom. The molecule has 0 saturated heterocycles. The van der Waals surface area contributed by atoms with Crippen LogP contribution < -0.4 is 5.73 Å². The minimum atomic E-state index is 0.629. The first kappa shape index (κ1) is 12.0. The second kappa shape index (κ2) is 4.26. The van der Waals surface area contributed by atoms with E-state index >= 15 is 0 Å². The van der Waals surface area contributed by atoms with Crippen LogP contribution in [0.1, 0.15) is 5.56 Å². The van der Waals surface area contributed by atoms with Gasteiger partial charge in [0.05, 0.1) is 9.21 Å². The third-order valence-electron chi connectivity index (χ3n) is 2.75. The molecule has 92 valence electrons. The Kier molecular flexibility index (Phi) is 2.84. The highest BCUT2D eigenvalue weighted by atomic mass is 79.9. The van der Waals surface area contributed by atoms with Gasteiger partial charge in [-0.15, -0.1) is 11.3 Å². The number of nitrogens with zero attached hydrogens (tertiary/aromatic N) is 2. The average molecular weight is 343 g/mol. The van der Waals surface area contributed by atoms with Crippen molar-refractivity contribution >= 4 is 50.3 Å². The van der Waals surface area contributed by atoms with E-state index in [-0.39, 0.29) is 0 Å². The van der Waals surface area contributed by atoms with Crippen LogP contribution in [0, 0.1) is 6.92 Å². The van der Waals surface area contributed by atoms with Crippen molar-refractivity contribution in [2.75, 3.05) is 5.73 Å². The van der Waals surface area contributed by atoms with Crippen molar-refractivity contribution in [2.45, 2.75) is 6.92 Å². The number of nitrogens with two attached hydrogens (primary N) is 1. The summed E-state index contributed by atoms with van der Waals surface area (Å²) in [6, 6.07) is 5.79. The van der Waals surface area contributed by atoms with Crippen LogP contribution in [-0.2, 0) is 0 Å². The van der Waals surface area contributed by atoms with E-state index in [4.69, 9.17) is 17.3 Å². The summed E-state index contributed by atoms with van der Waals surface area (Å²) in [6.07, 6.45) is 1.94.